The van der Waals surface area contributed by atoms with E-state index in [4.69, 9.17) is 4.74 Å². The van der Waals surface area contributed by atoms with Crippen LogP contribution in [0.4, 0.5) is 0 Å². The largest absolute Gasteiger partial charge is 0.452 e. The summed E-state index contributed by atoms with van der Waals surface area (Å²) in [6.07, 6.45) is 3.44. The third kappa shape index (κ3) is 4.42. The summed E-state index contributed by atoms with van der Waals surface area (Å²) in [6.45, 7) is -0.515. The van der Waals surface area contributed by atoms with Crippen molar-refractivity contribution < 1.29 is 19.1 Å². The van der Waals surface area contributed by atoms with Crippen LogP contribution in [0.1, 0.15) is 10.4 Å². The molecule has 0 aliphatic carbocycles. The van der Waals surface area contributed by atoms with Crippen LogP contribution < -0.4 is 5.32 Å². The fourth-order valence-electron chi connectivity index (χ4n) is 1.88. The molecule has 0 atom stereocenters. The maximum atomic E-state index is 12.0. The molecule has 1 heterocycles. The van der Waals surface area contributed by atoms with Crippen molar-refractivity contribution >= 4 is 17.8 Å². The van der Waals surface area contributed by atoms with E-state index in [0.717, 1.165) is 5.69 Å². The van der Waals surface area contributed by atoms with Gasteiger partial charge in [0.25, 0.3) is 5.91 Å². The average Bonchev–Trinajstić information content (AvgIpc) is 3.13. The number of esters is 1. The number of aromatic nitrogens is 2. The highest BCUT2D eigenvalue weighted by molar-refractivity contribution is 5.92. The van der Waals surface area contributed by atoms with Gasteiger partial charge in [-0.25, -0.2) is 9.48 Å². The van der Waals surface area contributed by atoms with E-state index in [0.29, 0.717) is 5.56 Å². The number of benzene rings is 1. The van der Waals surface area contributed by atoms with E-state index in [1.807, 2.05) is 0 Å². The molecule has 1 N–H and O–H groups in total. The van der Waals surface area contributed by atoms with Crippen LogP contribution in [-0.2, 0) is 14.3 Å². The summed E-state index contributed by atoms with van der Waals surface area (Å²) in [5, 5.41) is 6.50. The lowest BCUT2D eigenvalue weighted by Crippen LogP contribution is -2.39. The first-order chi connectivity index (χ1) is 11.5. The van der Waals surface area contributed by atoms with Gasteiger partial charge < -0.3 is 15.0 Å². The van der Waals surface area contributed by atoms with Gasteiger partial charge in [-0.15, -0.1) is 0 Å². The van der Waals surface area contributed by atoms with Crippen molar-refractivity contribution in [2.24, 2.45) is 0 Å². The van der Waals surface area contributed by atoms with Crippen molar-refractivity contribution in [1.29, 1.82) is 0 Å². The van der Waals surface area contributed by atoms with Crippen molar-refractivity contribution in [3.63, 3.8) is 0 Å². The van der Waals surface area contributed by atoms with Gasteiger partial charge in [-0.1, -0.05) is 0 Å². The Morgan fingerprint density at radius 1 is 1.25 bits per heavy atom. The quantitative estimate of drug-likeness (QED) is 0.766. The molecule has 8 heteroatoms. The Balaban J connectivity index is 1.88. The molecule has 1 aromatic carbocycles. The minimum atomic E-state index is -0.608. The van der Waals surface area contributed by atoms with Crippen LogP contribution in [0.5, 0.6) is 0 Å². The molecule has 0 bridgehead atoms. The predicted molar refractivity (Wildman–Crippen MR) is 85.6 cm³/mol. The summed E-state index contributed by atoms with van der Waals surface area (Å²) in [4.78, 5) is 36.1. The van der Waals surface area contributed by atoms with Crippen LogP contribution in [0.25, 0.3) is 5.69 Å². The Kier molecular flexibility index (Phi) is 5.67. The monoisotopic (exact) mass is 330 g/mol. The second-order valence-electron chi connectivity index (χ2n) is 5.00. The van der Waals surface area contributed by atoms with E-state index in [2.05, 4.69) is 10.4 Å². The van der Waals surface area contributed by atoms with E-state index in [1.165, 1.54) is 19.0 Å². The first-order valence-electron chi connectivity index (χ1n) is 7.23. The van der Waals surface area contributed by atoms with Gasteiger partial charge >= 0.3 is 5.97 Å². The number of likely N-dealkylation sites (N-methyl/N-ethyl adjacent to an activating group) is 2. The third-order valence-corrected chi connectivity index (χ3v) is 3.28. The van der Waals surface area contributed by atoms with Gasteiger partial charge in [0, 0.05) is 26.5 Å². The summed E-state index contributed by atoms with van der Waals surface area (Å²) in [7, 11) is 2.94. The number of hydrogen-bond acceptors (Lipinski definition) is 5. The molecule has 0 fully saturated rings. The molecule has 24 heavy (non-hydrogen) atoms. The number of rotatable bonds is 6. The zero-order chi connectivity index (χ0) is 17.5. The van der Waals surface area contributed by atoms with Crippen LogP contribution in [0.15, 0.2) is 42.7 Å². The maximum Gasteiger partial charge on any atom is 0.338 e. The normalized spacial score (nSPS) is 10.1. The summed E-state index contributed by atoms with van der Waals surface area (Å²) < 4.78 is 6.63. The Labute approximate surface area is 139 Å². The molecule has 1 aromatic heterocycles. The number of ether oxygens (including phenoxy) is 1. The number of nitrogens with one attached hydrogen (secondary N) is 1. The van der Waals surface area contributed by atoms with Gasteiger partial charge in [-0.3, -0.25) is 9.59 Å². The van der Waals surface area contributed by atoms with Crippen LogP contribution in [0, 0.1) is 0 Å². The zero-order valence-electron chi connectivity index (χ0n) is 13.4. The average molecular weight is 330 g/mol. The summed E-state index contributed by atoms with van der Waals surface area (Å²) in [5.74, 6) is -1.37. The molecule has 0 saturated heterocycles. The van der Waals surface area contributed by atoms with E-state index in [-0.39, 0.29) is 12.5 Å². The van der Waals surface area contributed by atoms with Crippen LogP contribution in [-0.4, -0.2) is 59.7 Å². The number of carbonyl (C=O) groups excluding carboxylic acids is 3. The highest BCUT2D eigenvalue weighted by Crippen LogP contribution is 2.09. The second-order valence-corrected chi connectivity index (χ2v) is 5.00. The predicted octanol–water partition coefficient (Wildman–Crippen LogP) is 0.234. The first-order valence-corrected chi connectivity index (χ1v) is 7.23. The Morgan fingerprint density at radius 3 is 2.54 bits per heavy atom. The van der Waals surface area contributed by atoms with Crippen molar-refractivity contribution in [1.82, 2.24) is 20.0 Å². The van der Waals surface area contributed by atoms with Gasteiger partial charge in [0.05, 0.1) is 17.8 Å². The van der Waals surface area contributed by atoms with Gasteiger partial charge in [0.1, 0.15) is 0 Å². The van der Waals surface area contributed by atoms with Crippen LogP contribution in [0.3, 0.4) is 0 Å². The number of amides is 2. The number of hydrogen-bond donors (Lipinski definition) is 1. The molecular weight excluding hydrogens is 312 g/mol. The van der Waals surface area contributed by atoms with E-state index < -0.39 is 18.5 Å². The molecular formula is C16H18N4O4. The van der Waals surface area contributed by atoms with E-state index in [9.17, 15) is 14.4 Å². The summed E-state index contributed by atoms with van der Waals surface area (Å²) in [5.41, 5.74) is 1.13. The molecule has 0 spiro atoms. The summed E-state index contributed by atoms with van der Waals surface area (Å²) in [6, 6.07) is 8.44. The topological polar surface area (TPSA) is 93.5 Å². The lowest BCUT2D eigenvalue weighted by atomic mass is 10.2. The third-order valence-electron chi connectivity index (χ3n) is 3.28. The van der Waals surface area contributed by atoms with Crippen molar-refractivity contribution in [3.05, 3.63) is 48.3 Å². The fraction of sp³-hybridized carbons (Fsp3) is 0.250. The van der Waals surface area contributed by atoms with Gasteiger partial charge in [0.15, 0.2) is 6.61 Å². The highest BCUT2D eigenvalue weighted by atomic mass is 16.5. The molecule has 0 aliphatic rings. The standard InChI is InChI=1S/C16H18N4O4/c1-17-14(21)10-19(2)15(22)11-24-16(23)12-4-6-13(7-5-12)20-9-3-8-18-20/h3-9H,10-11H2,1-2H3,(H,17,21). The molecule has 2 aromatic rings. The Hall–Kier alpha value is -3.16. The minimum absolute atomic E-state index is 0.0918. The van der Waals surface area contributed by atoms with E-state index in [1.54, 1.807) is 47.4 Å². The van der Waals surface area contributed by atoms with Crippen molar-refractivity contribution in [2.45, 2.75) is 0 Å². The zero-order valence-corrected chi connectivity index (χ0v) is 13.4. The molecule has 0 radical (unpaired) electrons. The number of nitrogens with zero attached hydrogens (tertiary/aromatic N) is 3. The maximum absolute atomic E-state index is 12.0. The lowest BCUT2D eigenvalue weighted by Gasteiger charge is -2.15. The van der Waals surface area contributed by atoms with Gasteiger partial charge in [-0.05, 0) is 30.3 Å². The Morgan fingerprint density at radius 2 is 1.96 bits per heavy atom. The molecule has 0 saturated carbocycles. The molecule has 2 amide bonds. The molecule has 126 valence electrons. The fourth-order valence-corrected chi connectivity index (χ4v) is 1.88. The molecule has 0 unspecified atom stereocenters. The molecule has 8 nitrogen and oxygen atoms in total. The minimum Gasteiger partial charge on any atom is -0.452 e. The first kappa shape index (κ1) is 17.2. The van der Waals surface area contributed by atoms with Crippen molar-refractivity contribution in [2.75, 3.05) is 27.2 Å². The molecule has 2 rings (SSSR count). The van der Waals surface area contributed by atoms with Crippen LogP contribution >= 0.6 is 0 Å². The van der Waals surface area contributed by atoms with Gasteiger partial charge in [-0.2, -0.15) is 5.10 Å². The Bertz CT molecular complexity index is 710. The van der Waals surface area contributed by atoms with E-state index >= 15 is 0 Å². The van der Waals surface area contributed by atoms with Crippen LogP contribution in [0.2, 0.25) is 0 Å². The number of carbonyl (C=O) groups is 3. The summed E-state index contributed by atoms with van der Waals surface area (Å²) >= 11 is 0. The van der Waals surface area contributed by atoms with Gasteiger partial charge in [0.2, 0.25) is 5.91 Å². The second kappa shape index (κ2) is 7.91. The lowest BCUT2D eigenvalue weighted by molar-refractivity contribution is -0.137. The molecule has 0 aliphatic heterocycles. The van der Waals surface area contributed by atoms with Crippen molar-refractivity contribution in [3.8, 4) is 5.69 Å². The smallest absolute Gasteiger partial charge is 0.338 e. The SMILES string of the molecule is CNC(=O)CN(C)C(=O)COC(=O)c1ccc(-n2cccn2)cc1. The highest BCUT2D eigenvalue weighted by Gasteiger charge is 2.15.